The SMILES string of the molecule is c1ccc(-c2ccc(Nc3cccc4c3-c3cccc5c(N(c6ccc(-c7ccccc7)cc6)c6ccc7ccccc7c6)ccc(c35)O4)cc2)cc1. The molecule has 3 heteroatoms. The number of fused-ring (bicyclic) bond motifs is 3. The summed E-state index contributed by atoms with van der Waals surface area (Å²) in [6.07, 6.45) is 0. The summed E-state index contributed by atoms with van der Waals surface area (Å²) in [6, 6.07) is 71.0. The van der Waals surface area contributed by atoms with Crippen molar-refractivity contribution in [3.8, 4) is 44.9 Å². The van der Waals surface area contributed by atoms with Crippen LogP contribution in [-0.4, -0.2) is 0 Å². The molecule has 0 unspecified atom stereocenters. The highest BCUT2D eigenvalue weighted by Crippen LogP contribution is 2.53. The largest absolute Gasteiger partial charge is 0.456 e. The minimum atomic E-state index is 0.839. The van der Waals surface area contributed by atoms with Crippen molar-refractivity contribution in [3.63, 3.8) is 0 Å². The molecule has 0 bridgehead atoms. The topological polar surface area (TPSA) is 24.5 Å². The van der Waals surface area contributed by atoms with Gasteiger partial charge in [0, 0.05) is 33.4 Å². The number of benzene rings is 9. The number of nitrogens with one attached hydrogen (secondary N) is 1. The molecule has 0 amide bonds. The fraction of sp³-hybridized carbons (Fsp3) is 0. The molecule has 0 spiro atoms. The quantitative estimate of drug-likeness (QED) is 0.182. The van der Waals surface area contributed by atoms with Crippen LogP contribution in [0.4, 0.5) is 28.4 Å². The molecule has 10 rings (SSSR count). The lowest BCUT2D eigenvalue weighted by Gasteiger charge is -2.30. The second-order valence-corrected chi connectivity index (χ2v) is 13.4. The highest BCUT2D eigenvalue weighted by Gasteiger charge is 2.26. The van der Waals surface area contributed by atoms with Crippen molar-refractivity contribution in [2.45, 2.75) is 0 Å². The summed E-state index contributed by atoms with van der Waals surface area (Å²) in [6.45, 7) is 0. The van der Waals surface area contributed by atoms with Crippen LogP contribution in [0, 0.1) is 0 Å². The summed E-state index contributed by atoms with van der Waals surface area (Å²) in [5.74, 6) is 1.70. The van der Waals surface area contributed by atoms with E-state index in [1.54, 1.807) is 0 Å². The number of ether oxygens (including phenoxy) is 1. The van der Waals surface area contributed by atoms with Gasteiger partial charge in [-0.15, -0.1) is 0 Å². The Morgan fingerprint density at radius 1 is 0.415 bits per heavy atom. The van der Waals surface area contributed by atoms with E-state index >= 15 is 0 Å². The van der Waals surface area contributed by atoms with Crippen molar-refractivity contribution in [2.75, 3.05) is 10.2 Å². The van der Waals surface area contributed by atoms with Gasteiger partial charge < -0.3 is 15.0 Å². The van der Waals surface area contributed by atoms with Gasteiger partial charge >= 0.3 is 0 Å². The van der Waals surface area contributed by atoms with Gasteiger partial charge in [0.05, 0.1) is 11.4 Å². The lowest BCUT2D eigenvalue weighted by atomic mass is 9.92. The molecule has 1 N–H and O–H groups in total. The highest BCUT2D eigenvalue weighted by atomic mass is 16.5. The average molecular weight is 679 g/mol. The maximum absolute atomic E-state index is 6.71. The Hall–Kier alpha value is -7.10. The molecule has 3 nitrogen and oxygen atoms in total. The maximum Gasteiger partial charge on any atom is 0.137 e. The summed E-state index contributed by atoms with van der Waals surface area (Å²) >= 11 is 0. The van der Waals surface area contributed by atoms with Crippen LogP contribution in [0.15, 0.2) is 200 Å². The number of anilines is 5. The fourth-order valence-corrected chi connectivity index (χ4v) is 7.67. The van der Waals surface area contributed by atoms with Gasteiger partial charge in [0.15, 0.2) is 0 Å². The molecular formula is C50H34N2O. The maximum atomic E-state index is 6.71. The van der Waals surface area contributed by atoms with Crippen LogP contribution in [0.3, 0.4) is 0 Å². The van der Waals surface area contributed by atoms with Gasteiger partial charge in [-0.05, 0) is 99.3 Å². The number of hydrogen-bond acceptors (Lipinski definition) is 3. The Morgan fingerprint density at radius 2 is 1.04 bits per heavy atom. The van der Waals surface area contributed by atoms with Gasteiger partial charge in [-0.3, -0.25) is 0 Å². The van der Waals surface area contributed by atoms with Gasteiger partial charge in [-0.1, -0.05) is 140 Å². The Bertz CT molecular complexity index is 2760. The first-order chi connectivity index (χ1) is 26.3. The Kier molecular flexibility index (Phi) is 7.47. The Balaban J connectivity index is 1.10. The molecule has 53 heavy (non-hydrogen) atoms. The molecule has 9 aromatic carbocycles. The molecule has 0 aliphatic carbocycles. The number of nitrogens with zero attached hydrogens (tertiary/aromatic N) is 1. The minimum absolute atomic E-state index is 0.839. The summed E-state index contributed by atoms with van der Waals surface area (Å²) in [7, 11) is 0. The molecular weight excluding hydrogens is 645 g/mol. The van der Waals surface area contributed by atoms with Crippen molar-refractivity contribution >= 4 is 50.0 Å². The average Bonchev–Trinajstić information content (AvgIpc) is 3.23. The van der Waals surface area contributed by atoms with Gasteiger partial charge in [0.2, 0.25) is 0 Å². The van der Waals surface area contributed by atoms with E-state index in [2.05, 4.69) is 204 Å². The molecule has 0 fully saturated rings. The van der Waals surface area contributed by atoms with Crippen molar-refractivity contribution in [3.05, 3.63) is 200 Å². The highest BCUT2D eigenvalue weighted by molar-refractivity contribution is 6.12. The van der Waals surface area contributed by atoms with E-state index in [0.717, 1.165) is 61.8 Å². The van der Waals surface area contributed by atoms with Crippen LogP contribution < -0.4 is 15.0 Å². The fourth-order valence-electron chi connectivity index (χ4n) is 7.67. The first-order valence-electron chi connectivity index (χ1n) is 18.0. The second kappa shape index (κ2) is 12.9. The van der Waals surface area contributed by atoms with Gasteiger partial charge in [-0.25, -0.2) is 0 Å². The second-order valence-electron chi connectivity index (χ2n) is 13.4. The van der Waals surface area contributed by atoms with Crippen molar-refractivity contribution < 1.29 is 4.74 Å². The molecule has 1 aliphatic rings. The third kappa shape index (κ3) is 5.56. The molecule has 0 saturated heterocycles. The van der Waals surface area contributed by atoms with Crippen molar-refractivity contribution in [2.24, 2.45) is 0 Å². The monoisotopic (exact) mass is 678 g/mol. The van der Waals surface area contributed by atoms with Crippen LogP contribution in [0.25, 0.3) is 54.9 Å². The van der Waals surface area contributed by atoms with Gasteiger partial charge in [-0.2, -0.15) is 0 Å². The third-order valence-corrected chi connectivity index (χ3v) is 10.2. The Labute approximate surface area is 309 Å². The first-order valence-corrected chi connectivity index (χ1v) is 18.0. The number of rotatable bonds is 7. The van der Waals surface area contributed by atoms with Crippen molar-refractivity contribution in [1.29, 1.82) is 0 Å². The zero-order valence-electron chi connectivity index (χ0n) is 28.9. The van der Waals surface area contributed by atoms with Crippen LogP contribution >= 0.6 is 0 Å². The van der Waals surface area contributed by atoms with E-state index in [9.17, 15) is 0 Å². The lowest BCUT2D eigenvalue weighted by Crippen LogP contribution is -2.11. The van der Waals surface area contributed by atoms with E-state index in [1.165, 1.54) is 33.0 Å². The van der Waals surface area contributed by atoms with E-state index in [4.69, 9.17) is 4.74 Å². The Morgan fingerprint density at radius 3 is 1.77 bits per heavy atom. The van der Waals surface area contributed by atoms with E-state index < -0.39 is 0 Å². The summed E-state index contributed by atoms with van der Waals surface area (Å²) < 4.78 is 6.71. The van der Waals surface area contributed by atoms with E-state index in [0.29, 0.717) is 0 Å². The molecule has 9 aromatic rings. The molecule has 0 aromatic heterocycles. The van der Waals surface area contributed by atoms with Gasteiger partial charge in [0.25, 0.3) is 0 Å². The predicted octanol–water partition coefficient (Wildman–Crippen LogP) is 14.3. The van der Waals surface area contributed by atoms with Crippen LogP contribution in [0.5, 0.6) is 11.5 Å². The smallest absolute Gasteiger partial charge is 0.137 e. The minimum Gasteiger partial charge on any atom is -0.456 e. The molecule has 0 radical (unpaired) electrons. The molecule has 1 aliphatic heterocycles. The number of hydrogen-bond donors (Lipinski definition) is 1. The molecule has 0 saturated carbocycles. The zero-order chi connectivity index (χ0) is 35.1. The predicted molar refractivity (Wildman–Crippen MR) is 222 cm³/mol. The van der Waals surface area contributed by atoms with E-state index in [-0.39, 0.29) is 0 Å². The molecule has 1 heterocycles. The molecule has 0 atom stereocenters. The van der Waals surface area contributed by atoms with Crippen LogP contribution in [-0.2, 0) is 0 Å². The van der Waals surface area contributed by atoms with Crippen LogP contribution in [0.2, 0.25) is 0 Å². The zero-order valence-corrected chi connectivity index (χ0v) is 28.9. The lowest BCUT2D eigenvalue weighted by molar-refractivity contribution is 0.487. The normalized spacial score (nSPS) is 11.5. The van der Waals surface area contributed by atoms with Crippen molar-refractivity contribution in [1.82, 2.24) is 0 Å². The first kappa shape index (κ1) is 30.7. The van der Waals surface area contributed by atoms with E-state index in [1.807, 2.05) is 6.07 Å². The standard InChI is InChI=1S/C50H34N2O/c1-3-11-34(12-4-1)37-21-26-40(27-22-37)51-45-19-10-20-47-50(45)44-18-9-17-43-46(31-32-48(53-47)49(43)44)52(42-30-25-36-15-7-8-16-39(36)33-42)41-28-23-38(24-29-41)35-13-5-2-6-14-35/h1-33,51H. The summed E-state index contributed by atoms with van der Waals surface area (Å²) in [5.41, 5.74) is 12.3. The summed E-state index contributed by atoms with van der Waals surface area (Å²) in [5, 5.41) is 8.35. The van der Waals surface area contributed by atoms with Crippen LogP contribution in [0.1, 0.15) is 0 Å². The third-order valence-electron chi connectivity index (χ3n) is 10.2. The van der Waals surface area contributed by atoms with Gasteiger partial charge in [0.1, 0.15) is 11.5 Å². The molecule has 250 valence electrons. The summed E-state index contributed by atoms with van der Waals surface area (Å²) in [4.78, 5) is 2.37.